The van der Waals surface area contributed by atoms with Gasteiger partial charge in [0, 0.05) is 16.7 Å². The molecule has 0 heterocycles. The molecule has 0 spiro atoms. The number of allylic oxidation sites excluding steroid dienone is 6. The van der Waals surface area contributed by atoms with Gasteiger partial charge in [0.05, 0.1) is 0 Å². The molecule has 2 heteroatoms. The Balaban J connectivity index is 0.000000748. The normalized spacial score (nSPS) is 13.6. The van der Waals surface area contributed by atoms with Crippen molar-refractivity contribution in [2.45, 2.75) is 66.7 Å². The highest BCUT2D eigenvalue weighted by Gasteiger charge is 2.15. The van der Waals surface area contributed by atoms with Crippen LogP contribution in [0, 0.1) is 0 Å². The zero-order valence-corrected chi connectivity index (χ0v) is 20.4. The fourth-order valence-corrected chi connectivity index (χ4v) is 2.89. The van der Waals surface area contributed by atoms with E-state index in [2.05, 4.69) is 12.1 Å². The first-order chi connectivity index (χ1) is 15.6. The number of rotatable bonds is 7. The third-order valence-electron chi connectivity index (χ3n) is 5.41. The summed E-state index contributed by atoms with van der Waals surface area (Å²) < 4.78 is 0. The summed E-state index contributed by atoms with van der Waals surface area (Å²) in [6, 6.07) is 17.0. The van der Waals surface area contributed by atoms with E-state index in [1.54, 1.807) is 24.3 Å². The summed E-state index contributed by atoms with van der Waals surface area (Å²) >= 11 is 0. The zero-order chi connectivity index (χ0) is 23.8. The van der Waals surface area contributed by atoms with Crippen LogP contribution in [-0.2, 0) is 0 Å². The second kappa shape index (κ2) is 15.8. The van der Waals surface area contributed by atoms with Gasteiger partial charge in [-0.15, -0.1) is 0 Å². The predicted molar refractivity (Wildman–Crippen MR) is 138 cm³/mol. The van der Waals surface area contributed by atoms with Crippen molar-refractivity contribution in [3.63, 3.8) is 0 Å². The van der Waals surface area contributed by atoms with Crippen molar-refractivity contribution in [2.75, 3.05) is 0 Å². The van der Waals surface area contributed by atoms with Crippen LogP contribution in [0.5, 0.6) is 0 Å². The molecule has 0 unspecified atom stereocenters. The lowest BCUT2D eigenvalue weighted by Gasteiger charge is -2.08. The smallest absolute Gasteiger partial charge is 0.193 e. The van der Waals surface area contributed by atoms with E-state index in [0.29, 0.717) is 16.7 Å². The van der Waals surface area contributed by atoms with E-state index >= 15 is 0 Å². The van der Waals surface area contributed by atoms with Gasteiger partial charge in [0.2, 0.25) is 0 Å². The van der Waals surface area contributed by atoms with Gasteiger partial charge in [-0.25, -0.2) is 0 Å². The second-order valence-corrected chi connectivity index (χ2v) is 7.57. The number of benzene rings is 2. The van der Waals surface area contributed by atoms with Crippen LogP contribution in [0.2, 0.25) is 0 Å². The van der Waals surface area contributed by atoms with Crippen molar-refractivity contribution < 1.29 is 9.59 Å². The molecule has 32 heavy (non-hydrogen) atoms. The van der Waals surface area contributed by atoms with E-state index in [4.69, 9.17) is 0 Å². The van der Waals surface area contributed by atoms with Crippen LogP contribution in [-0.4, -0.2) is 12.1 Å². The SMILES string of the molecule is C1CCC1.CC.CC/C(C)=C(/C=C\C=C(/C)c1ccccc1)C(=O)c1ccccc1C=O. The molecule has 3 rings (SSSR count). The van der Waals surface area contributed by atoms with Gasteiger partial charge in [0.15, 0.2) is 12.1 Å². The molecule has 0 bridgehead atoms. The summed E-state index contributed by atoms with van der Waals surface area (Å²) in [5, 5.41) is 0. The molecule has 0 aromatic heterocycles. The Kier molecular flexibility index (Phi) is 13.3. The Morgan fingerprint density at radius 2 is 1.44 bits per heavy atom. The molecule has 0 radical (unpaired) electrons. The van der Waals surface area contributed by atoms with Crippen LogP contribution in [0.15, 0.2) is 84.0 Å². The molecule has 1 aliphatic rings. The third-order valence-corrected chi connectivity index (χ3v) is 5.41. The minimum Gasteiger partial charge on any atom is -0.298 e. The monoisotopic (exact) mass is 430 g/mol. The van der Waals surface area contributed by atoms with Crippen molar-refractivity contribution in [3.05, 3.63) is 101 Å². The van der Waals surface area contributed by atoms with Crippen molar-refractivity contribution in [3.8, 4) is 0 Å². The molecule has 2 aromatic carbocycles. The molecule has 2 nitrogen and oxygen atoms in total. The van der Waals surface area contributed by atoms with E-state index in [1.165, 1.54) is 25.7 Å². The quantitative estimate of drug-likeness (QED) is 0.191. The van der Waals surface area contributed by atoms with Crippen LogP contribution in [0.1, 0.15) is 93.0 Å². The van der Waals surface area contributed by atoms with Crippen LogP contribution in [0.25, 0.3) is 5.57 Å². The van der Waals surface area contributed by atoms with Gasteiger partial charge in [0.25, 0.3) is 0 Å². The van der Waals surface area contributed by atoms with Crippen molar-refractivity contribution in [1.82, 2.24) is 0 Å². The van der Waals surface area contributed by atoms with Crippen LogP contribution in [0.4, 0.5) is 0 Å². The molecule has 1 aliphatic carbocycles. The lowest BCUT2D eigenvalue weighted by atomic mass is 9.94. The Morgan fingerprint density at radius 1 is 0.875 bits per heavy atom. The van der Waals surface area contributed by atoms with E-state index in [0.717, 1.165) is 29.4 Å². The minimum absolute atomic E-state index is 0.117. The fraction of sp³-hybridized carbons (Fsp3) is 0.333. The van der Waals surface area contributed by atoms with Gasteiger partial charge in [-0.2, -0.15) is 0 Å². The average Bonchev–Trinajstić information content (AvgIpc) is 2.81. The number of hydrogen-bond acceptors (Lipinski definition) is 2. The van der Waals surface area contributed by atoms with Gasteiger partial charge in [-0.3, -0.25) is 9.59 Å². The Morgan fingerprint density at radius 3 is 1.97 bits per heavy atom. The standard InChI is InChI=1S/C24H24O2.C4H8.C2H6/c1-4-18(2)22(24(26)23-15-9-8-14-21(23)17-25)16-10-11-19(3)20-12-6-5-7-13-20;1-2-4-3-1;1-2/h5-17H,4H2,1-3H3;1-4H2;1-2H3/b16-10-,19-11+,22-18-;;. The van der Waals surface area contributed by atoms with Gasteiger partial charge >= 0.3 is 0 Å². The van der Waals surface area contributed by atoms with Crippen molar-refractivity contribution in [1.29, 1.82) is 0 Å². The van der Waals surface area contributed by atoms with Crippen molar-refractivity contribution >= 4 is 17.6 Å². The first-order valence-electron chi connectivity index (χ1n) is 11.8. The van der Waals surface area contributed by atoms with Gasteiger partial charge in [-0.05, 0) is 31.4 Å². The number of hydrogen-bond donors (Lipinski definition) is 0. The molecular formula is C30H38O2. The summed E-state index contributed by atoms with van der Waals surface area (Å²) in [6.45, 7) is 10.0. The van der Waals surface area contributed by atoms with E-state index in [-0.39, 0.29) is 5.78 Å². The lowest BCUT2D eigenvalue weighted by molar-refractivity contribution is 0.102. The first kappa shape index (κ1) is 27.0. The van der Waals surface area contributed by atoms with Gasteiger partial charge in [0.1, 0.15) is 0 Å². The summed E-state index contributed by atoms with van der Waals surface area (Å²) in [5.74, 6) is -0.117. The van der Waals surface area contributed by atoms with Crippen LogP contribution < -0.4 is 0 Å². The molecule has 0 N–H and O–H groups in total. The summed E-state index contributed by atoms with van der Waals surface area (Å²) in [7, 11) is 0. The molecule has 170 valence electrons. The largest absolute Gasteiger partial charge is 0.298 e. The summed E-state index contributed by atoms with van der Waals surface area (Å²) in [5.41, 5.74) is 4.77. The zero-order valence-electron chi connectivity index (χ0n) is 20.4. The first-order valence-corrected chi connectivity index (χ1v) is 11.8. The summed E-state index contributed by atoms with van der Waals surface area (Å²) in [6.07, 6.45) is 13.2. The van der Waals surface area contributed by atoms with Gasteiger partial charge < -0.3 is 0 Å². The van der Waals surface area contributed by atoms with Crippen molar-refractivity contribution in [2.24, 2.45) is 0 Å². The maximum Gasteiger partial charge on any atom is 0.193 e. The second-order valence-electron chi connectivity index (χ2n) is 7.57. The van der Waals surface area contributed by atoms with Crippen LogP contribution in [0.3, 0.4) is 0 Å². The highest BCUT2D eigenvalue weighted by molar-refractivity contribution is 6.14. The number of aldehydes is 1. The maximum absolute atomic E-state index is 13.0. The summed E-state index contributed by atoms with van der Waals surface area (Å²) in [4.78, 5) is 24.2. The Labute approximate surface area is 194 Å². The topological polar surface area (TPSA) is 34.1 Å². The minimum atomic E-state index is -0.117. The number of Topliss-reactive ketones (excluding diaryl/α,β-unsaturated/α-hetero) is 1. The van der Waals surface area contributed by atoms with Crippen LogP contribution >= 0.6 is 0 Å². The Hall–Kier alpha value is -3.00. The maximum atomic E-state index is 13.0. The van der Waals surface area contributed by atoms with Gasteiger partial charge in [-0.1, -0.05) is 125 Å². The third kappa shape index (κ3) is 8.63. The fourth-order valence-electron chi connectivity index (χ4n) is 2.89. The molecule has 0 aliphatic heterocycles. The molecule has 0 amide bonds. The van der Waals surface area contributed by atoms with E-state index < -0.39 is 0 Å². The molecule has 1 saturated carbocycles. The Bertz CT molecular complexity index is 922. The number of carbonyl (C=O) groups excluding carboxylic acids is 2. The molecule has 0 saturated heterocycles. The molecule has 1 fully saturated rings. The molecular weight excluding hydrogens is 392 g/mol. The molecule has 0 atom stereocenters. The predicted octanol–water partition coefficient (Wildman–Crippen LogP) is 8.65. The lowest BCUT2D eigenvalue weighted by Crippen LogP contribution is -2.07. The molecule has 2 aromatic rings. The number of carbonyl (C=O) groups is 2. The highest BCUT2D eigenvalue weighted by atomic mass is 16.1. The van der Waals surface area contributed by atoms with E-state index in [1.807, 2.05) is 71.0 Å². The average molecular weight is 431 g/mol. The highest BCUT2D eigenvalue weighted by Crippen LogP contribution is 2.19. The number of ketones is 1. The van der Waals surface area contributed by atoms with E-state index in [9.17, 15) is 9.59 Å².